The van der Waals surface area contributed by atoms with Crippen LogP contribution >= 0.6 is 0 Å². The van der Waals surface area contributed by atoms with E-state index in [1.165, 1.54) is 13.2 Å². The van der Waals surface area contributed by atoms with E-state index in [1.54, 1.807) is 49.4 Å². The number of carboxylic acid groups (broad SMARTS) is 1. The van der Waals surface area contributed by atoms with Crippen molar-refractivity contribution in [1.29, 1.82) is 0 Å². The van der Waals surface area contributed by atoms with Crippen molar-refractivity contribution < 1.29 is 28.6 Å². The average molecular weight is 409 g/mol. The summed E-state index contributed by atoms with van der Waals surface area (Å²) in [5.74, 6) is -1.33. The molecule has 3 aromatic rings. The minimum Gasteiger partial charge on any atom is -0.481 e. The van der Waals surface area contributed by atoms with E-state index in [4.69, 9.17) is 14.6 Å². The first-order valence-corrected chi connectivity index (χ1v) is 9.21. The third-order valence-corrected chi connectivity index (χ3v) is 4.53. The molecule has 30 heavy (non-hydrogen) atoms. The van der Waals surface area contributed by atoms with Gasteiger partial charge in [0.05, 0.1) is 18.9 Å². The molecule has 0 atom stereocenters. The van der Waals surface area contributed by atoms with Crippen LogP contribution in [0.15, 0.2) is 54.7 Å². The van der Waals surface area contributed by atoms with Crippen LogP contribution in [0.4, 0.5) is 4.39 Å². The second kappa shape index (κ2) is 9.17. The topological polar surface area (TPSA) is 85.7 Å². The highest BCUT2D eigenvalue weighted by Gasteiger charge is 2.15. The first kappa shape index (κ1) is 21.0. The molecular weight excluding hydrogens is 389 g/mol. The molecular formula is C23H20FNO5. The molecule has 0 bridgehead atoms. The van der Waals surface area contributed by atoms with Crippen LogP contribution in [0.25, 0.3) is 11.1 Å². The maximum absolute atomic E-state index is 14.2. The van der Waals surface area contributed by atoms with E-state index in [2.05, 4.69) is 4.98 Å². The number of aliphatic carboxylic acids is 1. The zero-order valence-corrected chi connectivity index (χ0v) is 16.5. The Morgan fingerprint density at radius 2 is 1.93 bits per heavy atom. The van der Waals surface area contributed by atoms with Gasteiger partial charge in [0.2, 0.25) is 5.88 Å². The SMILES string of the molecule is COc1cc(-c2ccc(C(=O)Oc3cccc(CCC(=O)O)c3)c(C)c2)c(F)cn1. The second-order valence-electron chi connectivity index (χ2n) is 6.67. The van der Waals surface area contributed by atoms with Gasteiger partial charge in [0, 0.05) is 18.1 Å². The summed E-state index contributed by atoms with van der Waals surface area (Å²) in [6, 6.07) is 13.1. The number of halogens is 1. The Morgan fingerprint density at radius 1 is 1.13 bits per heavy atom. The van der Waals surface area contributed by atoms with Gasteiger partial charge >= 0.3 is 11.9 Å². The summed E-state index contributed by atoms with van der Waals surface area (Å²) in [5, 5.41) is 8.80. The molecule has 0 fully saturated rings. The van der Waals surface area contributed by atoms with Crippen molar-refractivity contribution in [2.45, 2.75) is 19.8 Å². The molecule has 154 valence electrons. The standard InChI is InChI=1S/C23H20FNO5/c1-14-10-16(19-12-21(29-2)25-13-20(19)24)7-8-18(14)23(28)30-17-5-3-4-15(11-17)6-9-22(26)27/h3-5,7-8,10-13H,6,9H2,1-2H3,(H,26,27). The van der Waals surface area contributed by atoms with Gasteiger partial charge in [-0.1, -0.05) is 24.3 Å². The highest BCUT2D eigenvalue weighted by molar-refractivity contribution is 5.93. The number of hydrogen-bond donors (Lipinski definition) is 1. The maximum atomic E-state index is 14.2. The van der Waals surface area contributed by atoms with Crippen molar-refractivity contribution in [1.82, 2.24) is 4.98 Å². The fourth-order valence-corrected chi connectivity index (χ4v) is 2.99. The molecule has 1 N–H and O–H groups in total. The Hall–Kier alpha value is -3.74. The van der Waals surface area contributed by atoms with E-state index in [1.807, 2.05) is 0 Å². The second-order valence-corrected chi connectivity index (χ2v) is 6.67. The highest BCUT2D eigenvalue weighted by Crippen LogP contribution is 2.28. The lowest BCUT2D eigenvalue weighted by atomic mass is 10.00. The number of carboxylic acids is 1. The van der Waals surface area contributed by atoms with Crippen LogP contribution in [0.3, 0.4) is 0 Å². The molecule has 0 radical (unpaired) electrons. The van der Waals surface area contributed by atoms with E-state index >= 15 is 0 Å². The molecule has 2 aromatic carbocycles. The minimum atomic E-state index is -0.892. The number of pyridine rings is 1. The molecule has 0 aliphatic heterocycles. The number of rotatable bonds is 7. The summed E-state index contributed by atoms with van der Waals surface area (Å²) < 4.78 is 24.7. The monoisotopic (exact) mass is 409 g/mol. The third-order valence-electron chi connectivity index (χ3n) is 4.53. The zero-order valence-electron chi connectivity index (χ0n) is 16.5. The van der Waals surface area contributed by atoms with Crippen molar-refractivity contribution in [2.75, 3.05) is 7.11 Å². The summed E-state index contributed by atoms with van der Waals surface area (Å²) in [4.78, 5) is 27.2. The van der Waals surface area contributed by atoms with Crippen molar-refractivity contribution in [3.05, 3.63) is 77.2 Å². The maximum Gasteiger partial charge on any atom is 0.343 e. The van der Waals surface area contributed by atoms with Gasteiger partial charge in [0.25, 0.3) is 0 Å². The van der Waals surface area contributed by atoms with Crippen LogP contribution in [0.5, 0.6) is 11.6 Å². The zero-order chi connectivity index (χ0) is 21.7. The Bertz CT molecular complexity index is 1100. The van der Waals surface area contributed by atoms with Crippen molar-refractivity contribution in [3.8, 4) is 22.8 Å². The number of benzene rings is 2. The largest absolute Gasteiger partial charge is 0.481 e. The van der Waals surface area contributed by atoms with Gasteiger partial charge in [-0.2, -0.15) is 0 Å². The van der Waals surface area contributed by atoms with Gasteiger partial charge in [-0.05, 0) is 48.2 Å². The molecule has 0 spiro atoms. The van der Waals surface area contributed by atoms with E-state index in [-0.39, 0.29) is 12.3 Å². The number of aryl methyl sites for hydroxylation is 2. The van der Waals surface area contributed by atoms with Crippen molar-refractivity contribution in [2.24, 2.45) is 0 Å². The molecule has 3 rings (SSSR count). The lowest BCUT2D eigenvalue weighted by Crippen LogP contribution is -2.10. The summed E-state index contributed by atoms with van der Waals surface area (Å²) in [6.45, 7) is 1.74. The van der Waals surface area contributed by atoms with Gasteiger partial charge in [0.15, 0.2) is 0 Å². The van der Waals surface area contributed by atoms with Crippen LogP contribution in [0, 0.1) is 12.7 Å². The fraction of sp³-hybridized carbons (Fsp3) is 0.174. The molecule has 6 nitrogen and oxygen atoms in total. The number of carbonyl (C=O) groups is 2. The van der Waals surface area contributed by atoms with Crippen LogP contribution in [0.2, 0.25) is 0 Å². The lowest BCUT2D eigenvalue weighted by Gasteiger charge is -2.11. The molecule has 0 aliphatic rings. The van der Waals surface area contributed by atoms with Gasteiger partial charge in [-0.25, -0.2) is 14.2 Å². The predicted molar refractivity (Wildman–Crippen MR) is 108 cm³/mol. The van der Waals surface area contributed by atoms with E-state index in [0.29, 0.717) is 34.4 Å². The Labute approximate surface area is 172 Å². The minimum absolute atomic E-state index is 0.00563. The number of aromatic nitrogens is 1. The molecule has 1 heterocycles. The molecule has 0 saturated heterocycles. The molecule has 7 heteroatoms. The molecule has 1 aromatic heterocycles. The smallest absolute Gasteiger partial charge is 0.343 e. The number of nitrogens with zero attached hydrogens (tertiary/aromatic N) is 1. The lowest BCUT2D eigenvalue weighted by molar-refractivity contribution is -0.136. The van der Waals surface area contributed by atoms with Gasteiger partial charge < -0.3 is 14.6 Å². The Morgan fingerprint density at radius 3 is 2.63 bits per heavy atom. The number of carbonyl (C=O) groups excluding carboxylic acids is 1. The van der Waals surface area contributed by atoms with Crippen LogP contribution in [0.1, 0.15) is 27.9 Å². The highest BCUT2D eigenvalue weighted by atomic mass is 19.1. The van der Waals surface area contributed by atoms with Gasteiger partial charge in [-0.15, -0.1) is 0 Å². The van der Waals surface area contributed by atoms with E-state index < -0.39 is 17.8 Å². The molecule has 0 saturated carbocycles. The van der Waals surface area contributed by atoms with Crippen molar-refractivity contribution in [3.63, 3.8) is 0 Å². The number of esters is 1. The van der Waals surface area contributed by atoms with E-state index in [0.717, 1.165) is 11.8 Å². The summed E-state index contributed by atoms with van der Waals surface area (Å²) in [7, 11) is 1.45. The normalized spacial score (nSPS) is 10.5. The number of methoxy groups -OCH3 is 1. The van der Waals surface area contributed by atoms with Gasteiger partial charge in [-0.3, -0.25) is 4.79 Å². The predicted octanol–water partition coefficient (Wildman–Crippen LogP) is 4.44. The Balaban J connectivity index is 1.79. The third kappa shape index (κ3) is 5.00. The summed E-state index contributed by atoms with van der Waals surface area (Å²) >= 11 is 0. The fourth-order valence-electron chi connectivity index (χ4n) is 2.99. The molecule has 0 aliphatic carbocycles. The summed E-state index contributed by atoms with van der Waals surface area (Å²) in [6.07, 6.45) is 1.42. The quantitative estimate of drug-likeness (QED) is 0.459. The molecule has 0 amide bonds. The van der Waals surface area contributed by atoms with Crippen molar-refractivity contribution >= 4 is 11.9 Å². The van der Waals surface area contributed by atoms with Crippen LogP contribution < -0.4 is 9.47 Å². The molecule has 0 unspecified atom stereocenters. The first-order chi connectivity index (χ1) is 14.4. The summed E-state index contributed by atoms with van der Waals surface area (Å²) in [5.41, 5.74) is 2.62. The van der Waals surface area contributed by atoms with Crippen LogP contribution in [-0.2, 0) is 11.2 Å². The first-order valence-electron chi connectivity index (χ1n) is 9.21. The van der Waals surface area contributed by atoms with Crippen LogP contribution in [-0.4, -0.2) is 29.1 Å². The number of ether oxygens (including phenoxy) is 2. The van der Waals surface area contributed by atoms with E-state index in [9.17, 15) is 14.0 Å². The number of hydrogen-bond acceptors (Lipinski definition) is 5. The van der Waals surface area contributed by atoms with Gasteiger partial charge in [0.1, 0.15) is 11.6 Å². The average Bonchev–Trinajstić information content (AvgIpc) is 2.72. The Kier molecular flexibility index (Phi) is 6.41.